The van der Waals surface area contributed by atoms with Gasteiger partial charge >= 0.3 is 5.97 Å². The van der Waals surface area contributed by atoms with E-state index in [0.717, 1.165) is 31.6 Å². The highest BCUT2D eigenvalue weighted by Gasteiger charge is 2.25. The van der Waals surface area contributed by atoms with Gasteiger partial charge in [0.2, 0.25) is 0 Å². The van der Waals surface area contributed by atoms with Crippen molar-refractivity contribution in [1.29, 1.82) is 0 Å². The molecule has 0 aliphatic carbocycles. The molecule has 6 nitrogen and oxygen atoms in total. The third kappa shape index (κ3) is 4.26. The molecule has 2 heterocycles. The lowest BCUT2D eigenvalue weighted by Gasteiger charge is -2.31. The van der Waals surface area contributed by atoms with Gasteiger partial charge in [0.05, 0.1) is 20.3 Å². The Bertz CT molecular complexity index is 723. The van der Waals surface area contributed by atoms with Crippen LogP contribution in [-0.4, -0.2) is 62.7 Å². The van der Waals surface area contributed by atoms with Crippen molar-refractivity contribution in [2.75, 3.05) is 46.9 Å². The molecule has 138 valence electrons. The van der Waals surface area contributed by atoms with Gasteiger partial charge in [0, 0.05) is 31.6 Å². The molecule has 0 amide bonds. The van der Waals surface area contributed by atoms with Gasteiger partial charge in [-0.2, -0.15) is 0 Å². The van der Waals surface area contributed by atoms with E-state index in [1.807, 2.05) is 18.2 Å². The molecule has 1 saturated heterocycles. The van der Waals surface area contributed by atoms with Gasteiger partial charge in [-0.25, -0.2) is 4.79 Å². The Morgan fingerprint density at radius 2 is 1.96 bits per heavy atom. The predicted octanol–water partition coefficient (Wildman–Crippen LogP) is -0.630. The number of furan rings is 1. The summed E-state index contributed by atoms with van der Waals surface area (Å²) in [4.78, 5) is 17.1. The summed E-state index contributed by atoms with van der Waals surface area (Å²) in [5.41, 5.74) is 1.20. The van der Waals surface area contributed by atoms with Crippen LogP contribution in [0.25, 0.3) is 11.0 Å². The number of carbonyl (C=O) groups is 1. The Morgan fingerprint density at radius 1 is 1.24 bits per heavy atom. The second-order valence-electron chi connectivity index (χ2n) is 6.06. The minimum Gasteiger partial charge on any atom is -1.00 e. The van der Waals surface area contributed by atoms with Gasteiger partial charge in [-0.05, 0) is 32.2 Å². The van der Waals surface area contributed by atoms with Crippen molar-refractivity contribution < 1.29 is 31.1 Å². The lowest BCUT2D eigenvalue weighted by molar-refractivity contribution is -0.0000247. The van der Waals surface area contributed by atoms with Crippen LogP contribution >= 0.6 is 0 Å². The number of rotatable bonds is 5. The number of fused-ring (bicyclic) bond motifs is 1. The Kier molecular flexibility index (Phi) is 6.70. The van der Waals surface area contributed by atoms with Crippen molar-refractivity contribution in [1.82, 2.24) is 9.80 Å². The summed E-state index contributed by atoms with van der Waals surface area (Å²) in [6, 6.07) is 5.50. The van der Waals surface area contributed by atoms with Gasteiger partial charge in [-0.1, -0.05) is 0 Å². The topological polar surface area (TPSA) is 55.2 Å². The Balaban J connectivity index is 0.00000225. The lowest BCUT2D eigenvalue weighted by Crippen LogP contribution is -3.00. The van der Waals surface area contributed by atoms with Gasteiger partial charge in [0.1, 0.15) is 22.7 Å². The monoisotopic (exact) mass is 367 g/mol. The number of likely N-dealkylation sites (N-methyl/N-ethyl adjacent to an activating group) is 1. The largest absolute Gasteiger partial charge is 1.00 e. The number of carbonyl (C=O) groups excluding carboxylic acids is 1. The summed E-state index contributed by atoms with van der Waals surface area (Å²) < 4.78 is 16.5. The molecular formula is C18H24ClN2O4-. The number of halogens is 1. The van der Waals surface area contributed by atoms with E-state index in [1.165, 1.54) is 0 Å². The molecule has 0 spiro atoms. The molecule has 25 heavy (non-hydrogen) atoms. The van der Waals surface area contributed by atoms with Gasteiger partial charge in [-0.3, -0.25) is 4.90 Å². The molecule has 1 aliphatic heterocycles. The van der Waals surface area contributed by atoms with Crippen LogP contribution in [0.3, 0.4) is 0 Å². The molecule has 0 N–H and O–H groups in total. The van der Waals surface area contributed by atoms with Crippen molar-refractivity contribution in [2.24, 2.45) is 0 Å². The number of esters is 1. The Morgan fingerprint density at radius 3 is 2.60 bits per heavy atom. The lowest BCUT2D eigenvalue weighted by atomic mass is 10.1. The van der Waals surface area contributed by atoms with Gasteiger partial charge in [-0.15, -0.1) is 0 Å². The molecule has 7 heteroatoms. The van der Waals surface area contributed by atoms with E-state index in [1.54, 1.807) is 14.0 Å². The summed E-state index contributed by atoms with van der Waals surface area (Å²) >= 11 is 0. The van der Waals surface area contributed by atoms with Crippen LogP contribution < -0.4 is 17.1 Å². The van der Waals surface area contributed by atoms with E-state index in [-0.39, 0.29) is 18.4 Å². The SMILES string of the molecule is CCOC(=O)c1c(CN2CCN(C)CC2)oc2ccc(OC)cc12.[Cl-]. The van der Waals surface area contributed by atoms with E-state index >= 15 is 0 Å². The number of hydrogen-bond acceptors (Lipinski definition) is 6. The molecule has 0 saturated carbocycles. The summed E-state index contributed by atoms with van der Waals surface area (Å²) in [6.07, 6.45) is 0. The normalized spacial score (nSPS) is 15.8. The third-order valence-corrected chi connectivity index (χ3v) is 4.41. The number of benzene rings is 1. The first-order chi connectivity index (χ1) is 11.6. The van der Waals surface area contributed by atoms with E-state index < -0.39 is 0 Å². The average Bonchev–Trinajstić information content (AvgIpc) is 2.94. The molecule has 0 unspecified atom stereocenters. The van der Waals surface area contributed by atoms with E-state index in [9.17, 15) is 4.79 Å². The fourth-order valence-electron chi connectivity index (χ4n) is 3.00. The Hall–Kier alpha value is -1.76. The molecule has 3 rings (SSSR count). The van der Waals surface area contributed by atoms with Gasteiger partial charge in [0.15, 0.2) is 0 Å². The zero-order valence-electron chi connectivity index (χ0n) is 14.9. The van der Waals surface area contributed by atoms with Crippen molar-refractivity contribution in [3.8, 4) is 5.75 Å². The van der Waals surface area contributed by atoms with Crippen LogP contribution in [-0.2, 0) is 11.3 Å². The summed E-state index contributed by atoms with van der Waals surface area (Å²) in [5, 5.41) is 0.747. The zero-order valence-corrected chi connectivity index (χ0v) is 15.6. The summed E-state index contributed by atoms with van der Waals surface area (Å²) in [6.45, 7) is 6.70. The molecule has 0 atom stereocenters. The maximum absolute atomic E-state index is 12.5. The van der Waals surface area contributed by atoms with Gasteiger partial charge in [0.25, 0.3) is 0 Å². The van der Waals surface area contributed by atoms with Crippen molar-refractivity contribution >= 4 is 16.9 Å². The van der Waals surface area contributed by atoms with Crippen LogP contribution in [0.15, 0.2) is 22.6 Å². The first-order valence-electron chi connectivity index (χ1n) is 8.29. The smallest absolute Gasteiger partial charge is 0.342 e. The number of piperazine rings is 1. The average molecular weight is 368 g/mol. The highest BCUT2D eigenvalue weighted by molar-refractivity contribution is 6.05. The Labute approximate surface area is 154 Å². The molecule has 0 radical (unpaired) electrons. The molecule has 1 fully saturated rings. The van der Waals surface area contributed by atoms with Crippen molar-refractivity contribution in [3.05, 3.63) is 29.5 Å². The van der Waals surface area contributed by atoms with Crippen LogP contribution in [0.2, 0.25) is 0 Å². The van der Waals surface area contributed by atoms with E-state index in [2.05, 4.69) is 16.8 Å². The van der Waals surface area contributed by atoms with Crippen LogP contribution in [0, 0.1) is 0 Å². The highest BCUT2D eigenvalue weighted by atomic mass is 35.5. The van der Waals surface area contributed by atoms with Crippen molar-refractivity contribution in [3.63, 3.8) is 0 Å². The van der Waals surface area contributed by atoms with Crippen molar-refractivity contribution in [2.45, 2.75) is 13.5 Å². The third-order valence-electron chi connectivity index (χ3n) is 4.41. The fourth-order valence-corrected chi connectivity index (χ4v) is 3.00. The second kappa shape index (κ2) is 8.56. The molecule has 1 aliphatic rings. The first-order valence-corrected chi connectivity index (χ1v) is 8.29. The number of methoxy groups -OCH3 is 1. The number of ether oxygens (including phenoxy) is 2. The summed E-state index contributed by atoms with van der Waals surface area (Å²) in [5.74, 6) is 1.02. The molecule has 2 aromatic rings. The molecule has 1 aromatic carbocycles. The second-order valence-corrected chi connectivity index (χ2v) is 6.06. The maximum Gasteiger partial charge on any atom is 0.342 e. The fraction of sp³-hybridized carbons (Fsp3) is 0.500. The molecular weight excluding hydrogens is 344 g/mol. The summed E-state index contributed by atoms with van der Waals surface area (Å²) in [7, 11) is 3.73. The molecule has 0 bridgehead atoms. The first kappa shape index (κ1) is 19.6. The van der Waals surface area contributed by atoms with Crippen LogP contribution in [0.4, 0.5) is 0 Å². The quantitative estimate of drug-likeness (QED) is 0.656. The number of nitrogens with zero attached hydrogens (tertiary/aromatic N) is 2. The number of hydrogen-bond donors (Lipinski definition) is 0. The van der Waals surface area contributed by atoms with Gasteiger partial charge < -0.3 is 31.2 Å². The predicted molar refractivity (Wildman–Crippen MR) is 91.5 cm³/mol. The minimum atomic E-state index is -0.339. The van der Waals surface area contributed by atoms with E-state index in [0.29, 0.717) is 35.8 Å². The zero-order chi connectivity index (χ0) is 17.1. The van der Waals surface area contributed by atoms with E-state index in [4.69, 9.17) is 13.9 Å². The maximum atomic E-state index is 12.5. The standard InChI is InChI=1S/C18H24N2O4.ClH/c1-4-23-18(21)17-14-11-13(22-3)5-6-15(14)24-16(17)12-20-9-7-19(2)8-10-20;/h5-6,11H,4,7-10,12H2,1-3H3;1H/p-1. The minimum absolute atomic E-state index is 0. The van der Waals surface area contributed by atoms with Crippen LogP contribution in [0.5, 0.6) is 5.75 Å². The highest BCUT2D eigenvalue weighted by Crippen LogP contribution is 2.31. The molecule has 1 aromatic heterocycles. The van der Waals surface area contributed by atoms with Crippen LogP contribution in [0.1, 0.15) is 23.0 Å².